The number of methoxy groups -OCH3 is 1. The zero-order chi connectivity index (χ0) is 12.3. The minimum absolute atomic E-state index is 0.614. The van der Waals surface area contributed by atoms with Gasteiger partial charge in [0.1, 0.15) is 5.75 Å². The highest BCUT2D eigenvalue weighted by Gasteiger charge is 2.05. The van der Waals surface area contributed by atoms with Crippen molar-refractivity contribution in [2.75, 3.05) is 7.11 Å². The first kappa shape index (κ1) is 11.2. The molecule has 0 aliphatic rings. The van der Waals surface area contributed by atoms with E-state index in [1.165, 1.54) is 5.56 Å². The van der Waals surface area contributed by atoms with Crippen molar-refractivity contribution in [3.8, 4) is 22.9 Å². The van der Waals surface area contributed by atoms with E-state index in [1.54, 1.807) is 13.2 Å². The molecule has 0 amide bonds. The van der Waals surface area contributed by atoms with Gasteiger partial charge < -0.3 is 4.74 Å². The molecule has 2 aromatic carbocycles. The summed E-state index contributed by atoms with van der Waals surface area (Å²) < 4.78 is 5.21. The maximum absolute atomic E-state index is 8.99. The van der Waals surface area contributed by atoms with Crippen molar-refractivity contribution in [2.45, 2.75) is 6.92 Å². The molecule has 2 aromatic rings. The molecule has 0 radical (unpaired) electrons. The second-order valence-electron chi connectivity index (χ2n) is 3.88. The van der Waals surface area contributed by atoms with E-state index in [1.807, 2.05) is 30.3 Å². The number of aryl methyl sites for hydroxylation is 1. The molecule has 0 saturated carbocycles. The van der Waals surface area contributed by atoms with Gasteiger partial charge in [-0.3, -0.25) is 0 Å². The van der Waals surface area contributed by atoms with Crippen LogP contribution >= 0.6 is 0 Å². The summed E-state index contributed by atoms with van der Waals surface area (Å²) >= 11 is 0. The van der Waals surface area contributed by atoms with Gasteiger partial charge in [0.25, 0.3) is 0 Å². The summed E-state index contributed by atoms with van der Waals surface area (Å²) in [4.78, 5) is 0. The molecule has 2 heteroatoms. The fourth-order valence-corrected chi connectivity index (χ4v) is 1.83. The molecule has 2 rings (SSSR count). The Labute approximate surface area is 101 Å². The summed E-state index contributed by atoms with van der Waals surface area (Å²) in [5, 5.41) is 8.99. The van der Waals surface area contributed by atoms with Gasteiger partial charge in [-0.15, -0.1) is 0 Å². The van der Waals surface area contributed by atoms with Crippen LogP contribution in [0.25, 0.3) is 11.1 Å². The van der Waals surface area contributed by atoms with Gasteiger partial charge in [-0.2, -0.15) is 5.26 Å². The molecule has 0 unspecified atom stereocenters. The second kappa shape index (κ2) is 4.71. The van der Waals surface area contributed by atoms with Gasteiger partial charge in [0.15, 0.2) is 0 Å². The summed E-state index contributed by atoms with van der Waals surface area (Å²) in [5.74, 6) is 0.710. The number of benzene rings is 2. The first-order chi connectivity index (χ1) is 8.24. The summed E-state index contributed by atoms with van der Waals surface area (Å²) in [5.41, 5.74) is 3.94. The Hall–Kier alpha value is -2.27. The summed E-state index contributed by atoms with van der Waals surface area (Å²) in [6.45, 7) is 2.06. The standard InChI is InChI=1S/C15H13NO/c1-11-5-3-4-6-15(11)13-7-12(10-16)8-14(9-13)17-2/h3-9H,1-2H3. The van der Waals surface area contributed by atoms with E-state index < -0.39 is 0 Å². The first-order valence-electron chi connectivity index (χ1n) is 5.40. The summed E-state index contributed by atoms with van der Waals surface area (Å²) in [7, 11) is 1.61. The van der Waals surface area contributed by atoms with Gasteiger partial charge in [-0.1, -0.05) is 24.3 Å². The molecule has 0 bridgehead atoms. The van der Waals surface area contributed by atoms with Crippen LogP contribution in [-0.4, -0.2) is 7.11 Å². The fraction of sp³-hybridized carbons (Fsp3) is 0.133. The van der Waals surface area contributed by atoms with Crippen LogP contribution in [0.15, 0.2) is 42.5 Å². The van der Waals surface area contributed by atoms with Crippen molar-refractivity contribution in [1.82, 2.24) is 0 Å². The van der Waals surface area contributed by atoms with Crippen molar-refractivity contribution >= 4 is 0 Å². The van der Waals surface area contributed by atoms with Crippen LogP contribution in [0.3, 0.4) is 0 Å². The molecular formula is C15H13NO. The predicted molar refractivity (Wildman–Crippen MR) is 67.9 cm³/mol. The molecule has 0 fully saturated rings. The number of hydrogen-bond acceptors (Lipinski definition) is 2. The molecule has 0 aromatic heterocycles. The zero-order valence-electron chi connectivity index (χ0n) is 9.90. The predicted octanol–water partition coefficient (Wildman–Crippen LogP) is 3.54. The average molecular weight is 223 g/mol. The molecule has 0 spiro atoms. The number of rotatable bonds is 2. The summed E-state index contributed by atoms with van der Waals surface area (Å²) in [6, 6.07) is 15.8. The van der Waals surface area contributed by atoms with E-state index >= 15 is 0 Å². The smallest absolute Gasteiger partial charge is 0.120 e. The van der Waals surface area contributed by atoms with Crippen LogP contribution in [0, 0.1) is 18.3 Å². The maximum Gasteiger partial charge on any atom is 0.120 e. The third-order valence-corrected chi connectivity index (χ3v) is 2.73. The van der Waals surface area contributed by atoms with Gasteiger partial charge in [-0.25, -0.2) is 0 Å². The lowest BCUT2D eigenvalue weighted by Crippen LogP contribution is -1.88. The molecule has 2 nitrogen and oxygen atoms in total. The minimum Gasteiger partial charge on any atom is -0.497 e. The van der Waals surface area contributed by atoms with Crippen molar-refractivity contribution in [3.63, 3.8) is 0 Å². The van der Waals surface area contributed by atoms with E-state index in [-0.39, 0.29) is 0 Å². The molecule has 0 heterocycles. The van der Waals surface area contributed by atoms with Crippen molar-refractivity contribution in [1.29, 1.82) is 5.26 Å². The van der Waals surface area contributed by atoms with Gasteiger partial charge in [-0.05, 0) is 41.8 Å². The van der Waals surface area contributed by atoms with Crippen molar-refractivity contribution < 1.29 is 4.74 Å². The van der Waals surface area contributed by atoms with E-state index in [9.17, 15) is 0 Å². The number of hydrogen-bond donors (Lipinski definition) is 0. The highest BCUT2D eigenvalue weighted by Crippen LogP contribution is 2.28. The van der Waals surface area contributed by atoms with Crippen LogP contribution < -0.4 is 4.74 Å². The maximum atomic E-state index is 8.99. The van der Waals surface area contributed by atoms with Crippen LogP contribution in [0.1, 0.15) is 11.1 Å². The largest absolute Gasteiger partial charge is 0.497 e. The Kier molecular flexibility index (Phi) is 3.11. The van der Waals surface area contributed by atoms with E-state index in [4.69, 9.17) is 10.00 Å². The topological polar surface area (TPSA) is 33.0 Å². The summed E-state index contributed by atoms with van der Waals surface area (Å²) in [6.07, 6.45) is 0. The van der Waals surface area contributed by atoms with E-state index in [0.29, 0.717) is 11.3 Å². The monoisotopic (exact) mass is 223 g/mol. The SMILES string of the molecule is COc1cc(C#N)cc(-c2ccccc2C)c1. The number of nitriles is 1. The minimum atomic E-state index is 0.614. The second-order valence-corrected chi connectivity index (χ2v) is 3.88. The Balaban J connectivity index is 2.60. The van der Waals surface area contributed by atoms with Crippen LogP contribution in [0.2, 0.25) is 0 Å². The lowest BCUT2D eigenvalue weighted by molar-refractivity contribution is 0.415. The Morgan fingerprint density at radius 1 is 1.12 bits per heavy atom. The van der Waals surface area contributed by atoms with Crippen molar-refractivity contribution in [2.24, 2.45) is 0 Å². The Morgan fingerprint density at radius 2 is 1.88 bits per heavy atom. The zero-order valence-corrected chi connectivity index (χ0v) is 9.90. The highest BCUT2D eigenvalue weighted by molar-refractivity contribution is 5.70. The molecule has 84 valence electrons. The third-order valence-electron chi connectivity index (χ3n) is 2.73. The fourth-order valence-electron chi connectivity index (χ4n) is 1.83. The Bertz CT molecular complexity index is 582. The molecule has 17 heavy (non-hydrogen) atoms. The molecular weight excluding hydrogens is 210 g/mol. The molecule has 0 N–H and O–H groups in total. The highest BCUT2D eigenvalue weighted by atomic mass is 16.5. The lowest BCUT2D eigenvalue weighted by Gasteiger charge is -2.08. The van der Waals surface area contributed by atoms with E-state index in [0.717, 1.165) is 11.1 Å². The first-order valence-corrected chi connectivity index (χ1v) is 5.40. The van der Waals surface area contributed by atoms with Crippen LogP contribution in [0.4, 0.5) is 0 Å². The van der Waals surface area contributed by atoms with Gasteiger partial charge in [0.05, 0.1) is 18.7 Å². The molecule has 0 atom stereocenters. The number of ether oxygens (including phenoxy) is 1. The van der Waals surface area contributed by atoms with Crippen LogP contribution in [0.5, 0.6) is 5.75 Å². The van der Waals surface area contributed by atoms with Gasteiger partial charge in [0.2, 0.25) is 0 Å². The van der Waals surface area contributed by atoms with Gasteiger partial charge >= 0.3 is 0 Å². The van der Waals surface area contributed by atoms with Crippen LogP contribution in [-0.2, 0) is 0 Å². The third kappa shape index (κ3) is 2.29. The Morgan fingerprint density at radius 3 is 2.53 bits per heavy atom. The normalized spacial score (nSPS) is 9.71. The molecule has 0 aliphatic heterocycles. The number of nitrogens with zero attached hydrogens (tertiary/aromatic N) is 1. The molecule has 0 saturated heterocycles. The van der Waals surface area contributed by atoms with Gasteiger partial charge in [0, 0.05) is 0 Å². The lowest BCUT2D eigenvalue weighted by atomic mass is 9.99. The van der Waals surface area contributed by atoms with Crippen molar-refractivity contribution in [3.05, 3.63) is 53.6 Å². The molecule has 0 aliphatic carbocycles. The quantitative estimate of drug-likeness (QED) is 0.780. The van der Waals surface area contributed by atoms with E-state index in [2.05, 4.69) is 19.1 Å². The average Bonchev–Trinajstić information content (AvgIpc) is 2.38.